The van der Waals surface area contributed by atoms with Crippen molar-refractivity contribution in [3.8, 4) is 5.75 Å². The van der Waals surface area contributed by atoms with Gasteiger partial charge in [-0.25, -0.2) is 0 Å². The van der Waals surface area contributed by atoms with Crippen molar-refractivity contribution in [1.82, 2.24) is 9.88 Å². The monoisotopic (exact) mass is 341 g/mol. The van der Waals surface area contributed by atoms with Crippen LogP contribution in [0.25, 0.3) is 10.9 Å². The molecule has 4 heteroatoms. The summed E-state index contributed by atoms with van der Waals surface area (Å²) in [6, 6.07) is 6.29. The molecule has 1 fully saturated rings. The fourth-order valence-electron chi connectivity index (χ4n) is 4.43. The van der Waals surface area contributed by atoms with Gasteiger partial charge in [-0.3, -0.25) is 4.90 Å². The van der Waals surface area contributed by atoms with Crippen molar-refractivity contribution in [2.45, 2.75) is 52.0 Å². The van der Waals surface area contributed by atoms with E-state index in [9.17, 15) is 5.11 Å². The van der Waals surface area contributed by atoms with E-state index in [1.54, 1.807) is 17.2 Å². The van der Waals surface area contributed by atoms with Crippen molar-refractivity contribution in [2.75, 3.05) is 20.1 Å². The molecule has 4 N–H and O–H groups in total. The van der Waals surface area contributed by atoms with Gasteiger partial charge in [0.15, 0.2) is 0 Å². The van der Waals surface area contributed by atoms with Crippen molar-refractivity contribution in [3.63, 3.8) is 0 Å². The number of allylic oxidation sites excluding steroid dienone is 1. The van der Waals surface area contributed by atoms with Crippen LogP contribution in [0.2, 0.25) is 0 Å². The summed E-state index contributed by atoms with van der Waals surface area (Å²) in [5.74, 6) is 0.898. The number of aromatic hydroxyl groups is 1. The summed E-state index contributed by atoms with van der Waals surface area (Å²) in [5.41, 5.74) is 11.7. The highest BCUT2D eigenvalue weighted by atomic mass is 16.3. The molecule has 1 saturated heterocycles. The number of nitrogens with zero attached hydrogens (tertiary/aromatic N) is 1. The first-order chi connectivity index (χ1) is 12.1. The Labute approximate surface area is 150 Å². The van der Waals surface area contributed by atoms with E-state index >= 15 is 0 Å². The lowest BCUT2D eigenvalue weighted by molar-refractivity contribution is 0.177. The Morgan fingerprint density at radius 2 is 2.12 bits per heavy atom. The Kier molecular flexibility index (Phi) is 5.21. The molecule has 3 heterocycles. The fraction of sp³-hybridized carbons (Fsp3) is 0.524. The van der Waals surface area contributed by atoms with Crippen LogP contribution in [0.3, 0.4) is 0 Å². The molecule has 0 radical (unpaired) electrons. The Balaban J connectivity index is 0.000000880. The summed E-state index contributed by atoms with van der Waals surface area (Å²) in [6.45, 7) is 9.17. The molecular formula is C21H31N3O. The van der Waals surface area contributed by atoms with Crippen molar-refractivity contribution < 1.29 is 5.11 Å². The maximum atomic E-state index is 9.87. The standard InChI is InChI=1S/C20H26N2O.CH5N/c1-4-12(2)14-9-17-13(3)22(11-14)8-7-16-18-10-15(23)5-6-19(18)21-20(16)17;1-2/h5-6,10,13,17,21,23H,4,7-9,11H2,1-3H3;2H2,1H3/b14-12-;. The number of piperidine rings is 1. The van der Waals surface area contributed by atoms with Gasteiger partial charge in [0.25, 0.3) is 0 Å². The minimum Gasteiger partial charge on any atom is -0.508 e. The molecule has 1 aromatic heterocycles. The third-order valence-electron chi connectivity index (χ3n) is 6.09. The van der Waals surface area contributed by atoms with E-state index in [1.165, 1.54) is 30.1 Å². The molecule has 0 amide bonds. The second kappa shape index (κ2) is 7.22. The van der Waals surface area contributed by atoms with E-state index in [0.29, 0.717) is 17.7 Å². The van der Waals surface area contributed by atoms with E-state index in [0.717, 1.165) is 31.4 Å². The number of nitrogens with two attached hydrogens (primary N) is 1. The number of hydrogen-bond acceptors (Lipinski definition) is 3. The summed E-state index contributed by atoms with van der Waals surface area (Å²) >= 11 is 0. The van der Waals surface area contributed by atoms with Crippen LogP contribution in [0.5, 0.6) is 5.75 Å². The predicted molar refractivity (Wildman–Crippen MR) is 105 cm³/mol. The smallest absolute Gasteiger partial charge is 0.116 e. The van der Waals surface area contributed by atoms with Gasteiger partial charge in [-0.1, -0.05) is 18.1 Å². The highest BCUT2D eigenvalue weighted by Gasteiger charge is 2.36. The molecule has 4 rings (SSSR count). The van der Waals surface area contributed by atoms with Gasteiger partial charge in [-0.2, -0.15) is 0 Å². The number of fused-ring (bicyclic) bond motifs is 6. The van der Waals surface area contributed by atoms with Crippen LogP contribution in [-0.2, 0) is 6.42 Å². The first-order valence-corrected chi connectivity index (χ1v) is 9.41. The average Bonchev–Trinajstić information content (AvgIpc) is 2.96. The minimum absolute atomic E-state index is 0.363. The number of phenols is 1. The van der Waals surface area contributed by atoms with E-state index in [-0.39, 0.29) is 0 Å². The molecule has 0 spiro atoms. The SMILES string of the molecule is CC/C(C)=C1/CC2c3[nH]c4ccc(O)cc4c3CCN(C1)C2C.CN. The van der Waals surface area contributed by atoms with Gasteiger partial charge in [-0.05, 0) is 63.9 Å². The first-order valence-electron chi connectivity index (χ1n) is 9.41. The van der Waals surface area contributed by atoms with Crippen molar-refractivity contribution in [2.24, 2.45) is 5.73 Å². The van der Waals surface area contributed by atoms with Crippen LogP contribution in [0.1, 0.15) is 50.8 Å². The largest absolute Gasteiger partial charge is 0.508 e. The van der Waals surface area contributed by atoms with E-state index in [1.807, 2.05) is 12.1 Å². The Morgan fingerprint density at radius 1 is 1.36 bits per heavy atom. The maximum absolute atomic E-state index is 9.87. The molecule has 0 aliphatic carbocycles. The van der Waals surface area contributed by atoms with Gasteiger partial charge in [0, 0.05) is 41.6 Å². The maximum Gasteiger partial charge on any atom is 0.116 e. The number of nitrogens with one attached hydrogen (secondary N) is 1. The number of aromatic amines is 1. The molecule has 2 aromatic rings. The molecule has 2 aliphatic rings. The molecule has 3 unspecified atom stereocenters. The third-order valence-corrected chi connectivity index (χ3v) is 6.09. The Bertz CT molecular complexity index is 790. The lowest BCUT2D eigenvalue weighted by atomic mass is 9.83. The van der Waals surface area contributed by atoms with Crippen LogP contribution < -0.4 is 5.73 Å². The van der Waals surface area contributed by atoms with Gasteiger partial charge in [0.2, 0.25) is 0 Å². The molecule has 2 bridgehead atoms. The van der Waals surface area contributed by atoms with E-state index < -0.39 is 0 Å². The summed E-state index contributed by atoms with van der Waals surface area (Å²) in [4.78, 5) is 6.33. The topological polar surface area (TPSA) is 65.3 Å². The molecule has 2 aliphatic heterocycles. The van der Waals surface area contributed by atoms with E-state index in [4.69, 9.17) is 0 Å². The van der Waals surface area contributed by atoms with Gasteiger partial charge in [0.1, 0.15) is 5.75 Å². The summed E-state index contributed by atoms with van der Waals surface area (Å²) < 4.78 is 0. The molecule has 4 nitrogen and oxygen atoms in total. The van der Waals surface area contributed by atoms with Crippen molar-refractivity contribution >= 4 is 10.9 Å². The quantitative estimate of drug-likeness (QED) is 0.689. The van der Waals surface area contributed by atoms with Gasteiger partial charge >= 0.3 is 0 Å². The normalized spacial score (nSPS) is 27.2. The van der Waals surface area contributed by atoms with Gasteiger partial charge in [-0.15, -0.1) is 0 Å². The number of aromatic nitrogens is 1. The lowest BCUT2D eigenvalue weighted by Crippen LogP contribution is -2.43. The van der Waals surface area contributed by atoms with Crippen LogP contribution in [-0.4, -0.2) is 41.2 Å². The summed E-state index contributed by atoms with van der Waals surface area (Å²) in [7, 11) is 1.50. The fourth-order valence-corrected chi connectivity index (χ4v) is 4.43. The molecule has 0 saturated carbocycles. The number of rotatable bonds is 1. The lowest BCUT2D eigenvalue weighted by Gasteiger charge is -2.39. The second-order valence-corrected chi connectivity index (χ2v) is 7.26. The zero-order chi connectivity index (χ0) is 18.1. The van der Waals surface area contributed by atoms with Crippen LogP contribution in [0.15, 0.2) is 29.3 Å². The number of phenolic OH excluding ortho intramolecular Hbond substituents is 1. The molecule has 25 heavy (non-hydrogen) atoms. The van der Waals surface area contributed by atoms with Gasteiger partial charge in [0.05, 0.1) is 0 Å². The minimum atomic E-state index is 0.363. The zero-order valence-electron chi connectivity index (χ0n) is 15.9. The highest BCUT2D eigenvalue weighted by Crippen LogP contribution is 2.42. The second-order valence-electron chi connectivity index (χ2n) is 7.26. The molecule has 136 valence electrons. The molecule has 1 aromatic carbocycles. The third kappa shape index (κ3) is 3.09. The van der Waals surface area contributed by atoms with Gasteiger partial charge < -0.3 is 15.8 Å². The number of benzene rings is 1. The van der Waals surface area contributed by atoms with E-state index in [2.05, 4.69) is 36.4 Å². The number of H-pyrrole nitrogens is 1. The van der Waals surface area contributed by atoms with Crippen LogP contribution in [0, 0.1) is 0 Å². The first kappa shape index (κ1) is 18.0. The van der Waals surface area contributed by atoms with Crippen LogP contribution in [0.4, 0.5) is 0 Å². The van der Waals surface area contributed by atoms with Crippen molar-refractivity contribution in [1.29, 1.82) is 0 Å². The Morgan fingerprint density at radius 3 is 2.84 bits per heavy atom. The summed E-state index contributed by atoms with van der Waals surface area (Å²) in [5, 5.41) is 11.1. The highest BCUT2D eigenvalue weighted by molar-refractivity contribution is 5.86. The zero-order valence-corrected chi connectivity index (χ0v) is 15.9. The molecular weight excluding hydrogens is 310 g/mol. The average molecular weight is 341 g/mol. The number of hydrogen-bond donors (Lipinski definition) is 3. The predicted octanol–water partition coefficient (Wildman–Crippen LogP) is 3.91. The van der Waals surface area contributed by atoms with Crippen molar-refractivity contribution in [3.05, 3.63) is 40.6 Å². The van der Waals surface area contributed by atoms with Crippen LogP contribution >= 0.6 is 0 Å². The Hall–Kier alpha value is -1.78. The summed E-state index contributed by atoms with van der Waals surface area (Å²) in [6.07, 6.45) is 3.39. The molecule has 3 atom stereocenters.